The van der Waals surface area contributed by atoms with Gasteiger partial charge in [-0.1, -0.05) is 53.2 Å². The molecule has 5 rings (SSSR count). The van der Waals surface area contributed by atoms with Gasteiger partial charge in [0, 0.05) is 0 Å². The van der Waals surface area contributed by atoms with Crippen molar-refractivity contribution in [2.75, 3.05) is 0 Å². The molecule has 2 unspecified atom stereocenters. The first-order valence-electron chi connectivity index (χ1n) is 13.8. The van der Waals surface area contributed by atoms with Gasteiger partial charge in [0.15, 0.2) is 0 Å². The molecule has 0 aromatic rings. The summed E-state index contributed by atoms with van der Waals surface area (Å²) in [4.78, 5) is 12.2. The largest absolute Gasteiger partial charge is 0.481 e. The fourth-order valence-electron chi connectivity index (χ4n) is 10.5. The molecule has 0 amide bonds. The number of fused-ring (bicyclic) bond motifs is 7. The summed E-state index contributed by atoms with van der Waals surface area (Å²) in [6.07, 6.45) is 13.2. The maximum atomic E-state index is 12.2. The van der Waals surface area contributed by atoms with Crippen LogP contribution in [0.2, 0.25) is 0 Å². The third kappa shape index (κ3) is 2.87. The smallest absolute Gasteiger partial charge is 0.309 e. The molecule has 5 aliphatic carbocycles. The van der Waals surface area contributed by atoms with Crippen molar-refractivity contribution in [1.82, 2.24) is 0 Å². The van der Waals surface area contributed by atoms with Gasteiger partial charge in [0.25, 0.3) is 0 Å². The molecule has 0 bridgehead atoms. The molecule has 9 atom stereocenters. The lowest BCUT2D eigenvalue weighted by molar-refractivity contribution is -0.203. The Labute approximate surface area is 201 Å². The van der Waals surface area contributed by atoms with E-state index in [1.54, 1.807) is 5.57 Å². The average molecular weight is 457 g/mol. The highest BCUT2D eigenvalue weighted by Gasteiger charge is 2.68. The van der Waals surface area contributed by atoms with E-state index in [4.69, 9.17) is 0 Å². The third-order valence-electron chi connectivity index (χ3n) is 13.3. The lowest BCUT2D eigenvalue weighted by Gasteiger charge is -2.71. The van der Waals surface area contributed by atoms with Crippen LogP contribution in [0.15, 0.2) is 11.6 Å². The zero-order valence-corrected chi connectivity index (χ0v) is 22.3. The van der Waals surface area contributed by atoms with Crippen LogP contribution in [0.4, 0.5) is 0 Å². The molecule has 0 spiro atoms. The van der Waals surface area contributed by atoms with Gasteiger partial charge in [-0.3, -0.25) is 4.79 Å². The van der Waals surface area contributed by atoms with Crippen molar-refractivity contribution in [2.45, 2.75) is 119 Å². The number of aliphatic hydroxyl groups excluding tert-OH is 1. The van der Waals surface area contributed by atoms with Crippen LogP contribution in [0.1, 0.15) is 113 Å². The fourth-order valence-corrected chi connectivity index (χ4v) is 10.5. The zero-order valence-electron chi connectivity index (χ0n) is 22.3. The predicted octanol–water partition coefficient (Wildman–Crippen LogP) is 7.23. The summed E-state index contributed by atoms with van der Waals surface area (Å²) in [6.45, 7) is 16.8. The first kappa shape index (κ1) is 23.9. The van der Waals surface area contributed by atoms with Crippen LogP contribution < -0.4 is 0 Å². The molecule has 0 radical (unpaired) electrons. The molecule has 0 saturated heterocycles. The van der Waals surface area contributed by atoms with E-state index in [9.17, 15) is 15.0 Å². The van der Waals surface area contributed by atoms with Gasteiger partial charge in [-0.15, -0.1) is 0 Å². The summed E-state index contributed by atoms with van der Waals surface area (Å²) in [6, 6.07) is 0. The minimum atomic E-state index is -0.603. The lowest BCUT2D eigenvalue weighted by atomic mass is 9.33. The van der Waals surface area contributed by atoms with Crippen molar-refractivity contribution in [3.63, 3.8) is 0 Å². The minimum absolute atomic E-state index is 0.0168. The van der Waals surface area contributed by atoms with Crippen LogP contribution in [0.5, 0.6) is 0 Å². The van der Waals surface area contributed by atoms with E-state index >= 15 is 0 Å². The Morgan fingerprint density at radius 1 is 0.879 bits per heavy atom. The van der Waals surface area contributed by atoms with Crippen LogP contribution in [-0.4, -0.2) is 22.3 Å². The van der Waals surface area contributed by atoms with E-state index in [1.807, 2.05) is 6.92 Å². The summed E-state index contributed by atoms with van der Waals surface area (Å²) in [5, 5.41) is 20.9. The second kappa shape index (κ2) is 6.89. The number of aliphatic carboxylic acids is 1. The molecule has 3 heteroatoms. The Balaban J connectivity index is 1.57. The van der Waals surface area contributed by atoms with Crippen molar-refractivity contribution < 1.29 is 15.0 Å². The SMILES string of the molecule is CC1(C(=O)O)CC[C@]2(C)CC[C@]3(C)C(=CC[C@@H]4[C@@]5(C)CC[C@H](O)C(C)(C)C5CC[C@]43C)[C@H]2C1. The van der Waals surface area contributed by atoms with E-state index in [1.165, 1.54) is 25.7 Å². The molecule has 0 aromatic carbocycles. The third-order valence-corrected chi connectivity index (χ3v) is 13.3. The van der Waals surface area contributed by atoms with Gasteiger partial charge in [-0.05, 0) is 116 Å². The maximum absolute atomic E-state index is 12.2. The van der Waals surface area contributed by atoms with Crippen molar-refractivity contribution in [3.05, 3.63) is 11.6 Å². The summed E-state index contributed by atoms with van der Waals surface area (Å²) < 4.78 is 0. The number of carbonyl (C=O) groups is 1. The van der Waals surface area contributed by atoms with Crippen molar-refractivity contribution in [3.8, 4) is 0 Å². The number of aliphatic hydroxyl groups is 1. The zero-order chi connectivity index (χ0) is 24.2. The molecule has 4 fully saturated rings. The van der Waals surface area contributed by atoms with Gasteiger partial charge < -0.3 is 10.2 Å². The Morgan fingerprint density at radius 3 is 2.21 bits per heavy atom. The van der Waals surface area contributed by atoms with Crippen molar-refractivity contribution in [2.24, 2.45) is 50.2 Å². The molecule has 0 aromatic heterocycles. The molecule has 4 saturated carbocycles. The average Bonchev–Trinajstić information content (AvgIpc) is 2.73. The van der Waals surface area contributed by atoms with E-state index in [0.717, 1.165) is 38.5 Å². The summed E-state index contributed by atoms with van der Waals surface area (Å²) in [5.41, 5.74) is 1.94. The monoisotopic (exact) mass is 456 g/mol. The molecule has 2 N–H and O–H groups in total. The van der Waals surface area contributed by atoms with Crippen LogP contribution >= 0.6 is 0 Å². The number of hydrogen-bond donors (Lipinski definition) is 2. The predicted molar refractivity (Wildman–Crippen MR) is 133 cm³/mol. The molecule has 0 aliphatic heterocycles. The standard InChI is InChI=1S/C30H48O3/c1-25(2)21-10-13-30(7)22(28(21,5)12-11-23(25)31)9-8-19-20-18-27(4,24(32)33)15-14-26(20,3)16-17-29(19,30)6/h8,20-23,31H,9-18H2,1-7H3,(H,32,33)/t20-,21?,22-,23+,26-,27?,28+,29-,30-/m1/s1. The highest BCUT2D eigenvalue weighted by molar-refractivity contribution is 5.74. The van der Waals surface area contributed by atoms with Crippen molar-refractivity contribution >= 4 is 5.97 Å². The number of allylic oxidation sites excluding steroid dienone is 2. The van der Waals surface area contributed by atoms with E-state index in [0.29, 0.717) is 17.8 Å². The highest BCUT2D eigenvalue weighted by atomic mass is 16.4. The van der Waals surface area contributed by atoms with E-state index < -0.39 is 11.4 Å². The van der Waals surface area contributed by atoms with Crippen LogP contribution in [0.25, 0.3) is 0 Å². The second-order valence-corrected chi connectivity index (χ2v) is 14.9. The summed E-state index contributed by atoms with van der Waals surface area (Å²) >= 11 is 0. The highest BCUT2D eigenvalue weighted by Crippen LogP contribution is 2.75. The Hall–Kier alpha value is -0.830. The minimum Gasteiger partial charge on any atom is -0.481 e. The Morgan fingerprint density at radius 2 is 1.55 bits per heavy atom. The van der Waals surface area contributed by atoms with Crippen molar-refractivity contribution in [1.29, 1.82) is 0 Å². The molecule has 0 heterocycles. The van der Waals surface area contributed by atoms with E-state index in [2.05, 4.69) is 47.6 Å². The summed E-state index contributed by atoms with van der Waals surface area (Å²) in [7, 11) is 0. The number of carboxylic acid groups (broad SMARTS) is 1. The molecular formula is C30H48O3. The van der Waals surface area contributed by atoms with Gasteiger partial charge >= 0.3 is 5.97 Å². The van der Waals surface area contributed by atoms with Gasteiger partial charge in [-0.25, -0.2) is 0 Å². The molecule has 186 valence electrons. The van der Waals surface area contributed by atoms with E-state index in [-0.39, 0.29) is 33.2 Å². The molecule has 5 aliphatic rings. The number of carboxylic acids is 1. The van der Waals surface area contributed by atoms with Gasteiger partial charge in [-0.2, -0.15) is 0 Å². The Bertz CT molecular complexity index is 889. The quantitative estimate of drug-likeness (QED) is 0.409. The summed E-state index contributed by atoms with van der Waals surface area (Å²) in [5.74, 6) is 1.01. The second-order valence-electron chi connectivity index (χ2n) is 14.9. The molecular weight excluding hydrogens is 408 g/mol. The van der Waals surface area contributed by atoms with Gasteiger partial charge in [0.2, 0.25) is 0 Å². The number of hydrogen-bond acceptors (Lipinski definition) is 2. The normalized spacial score (nSPS) is 55.3. The van der Waals surface area contributed by atoms with Crippen LogP contribution in [-0.2, 0) is 4.79 Å². The lowest BCUT2D eigenvalue weighted by Crippen LogP contribution is -2.64. The molecule has 33 heavy (non-hydrogen) atoms. The topological polar surface area (TPSA) is 57.5 Å². The Kier molecular flexibility index (Phi) is 4.99. The van der Waals surface area contributed by atoms with Crippen LogP contribution in [0.3, 0.4) is 0 Å². The number of rotatable bonds is 1. The van der Waals surface area contributed by atoms with Gasteiger partial charge in [0.1, 0.15) is 0 Å². The maximum Gasteiger partial charge on any atom is 0.309 e. The first-order valence-corrected chi connectivity index (χ1v) is 13.8. The first-order chi connectivity index (χ1) is 15.1. The van der Waals surface area contributed by atoms with Gasteiger partial charge in [0.05, 0.1) is 11.5 Å². The molecule has 3 nitrogen and oxygen atoms in total. The van der Waals surface area contributed by atoms with Crippen LogP contribution in [0, 0.1) is 50.2 Å². The fraction of sp³-hybridized carbons (Fsp3) is 0.900.